The summed E-state index contributed by atoms with van der Waals surface area (Å²) in [5, 5.41) is 8.69. The second kappa shape index (κ2) is 5.07. The third-order valence-corrected chi connectivity index (χ3v) is 2.10. The highest BCUT2D eigenvalue weighted by molar-refractivity contribution is 5.69. The SMILES string of the molecule is CC(Cc1cccc(OC(F)(F)F)c1)C(=O)O. The summed E-state index contributed by atoms with van der Waals surface area (Å²) >= 11 is 0. The fourth-order valence-corrected chi connectivity index (χ4v) is 1.31. The summed E-state index contributed by atoms with van der Waals surface area (Å²) in [6.45, 7) is 1.49. The normalized spacial score (nSPS) is 13.2. The molecule has 0 aliphatic heterocycles. The van der Waals surface area contributed by atoms with E-state index >= 15 is 0 Å². The van der Waals surface area contributed by atoms with Gasteiger partial charge in [-0.25, -0.2) is 0 Å². The Morgan fingerprint density at radius 2 is 2.12 bits per heavy atom. The van der Waals surface area contributed by atoms with Crippen molar-refractivity contribution in [3.8, 4) is 5.75 Å². The van der Waals surface area contributed by atoms with Crippen molar-refractivity contribution >= 4 is 5.97 Å². The molecule has 0 radical (unpaired) electrons. The Labute approximate surface area is 95.8 Å². The van der Waals surface area contributed by atoms with Gasteiger partial charge in [-0.3, -0.25) is 4.79 Å². The lowest BCUT2D eigenvalue weighted by atomic mass is 10.0. The van der Waals surface area contributed by atoms with Gasteiger partial charge in [0.05, 0.1) is 5.92 Å². The fraction of sp³-hybridized carbons (Fsp3) is 0.364. The summed E-state index contributed by atoms with van der Waals surface area (Å²) in [6.07, 6.45) is -4.58. The number of hydrogen-bond acceptors (Lipinski definition) is 2. The van der Waals surface area contributed by atoms with Gasteiger partial charge in [-0.1, -0.05) is 19.1 Å². The van der Waals surface area contributed by atoms with Gasteiger partial charge in [0, 0.05) is 0 Å². The van der Waals surface area contributed by atoms with E-state index in [2.05, 4.69) is 4.74 Å². The molecule has 0 heterocycles. The molecule has 0 bridgehead atoms. The number of rotatable bonds is 4. The van der Waals surface area contributed by atoms with Crippen molar-refractivity contribution in [2.45, 2.75) is 19.7 Å². The van der Waals surface area contributed by atoms with Crippen LogP contribution in [0.2, 0.25) is 0 Å². The molecule has 1 atom stereocenters. The van der Waals surface area contributed by atoms with E-state index in [1.807, 2.05) is 0 Å². The minimum atomic E-state index is -4.74. The van der Waals surface area contributed by atoms with Gasteiger partial charge in [0.2, 0.25) is 0 Å². The molecule has 0 aromatic heterocycles. The summed E-state index contributed by atoms with van der Waals surface area (Å²) in [4.78, 5) is 10.6. The highest BCUT2D eigenvalue weighted by Gasteiger charge is 2.31. The average Bonchev–Trinajstić information content (AvgIpc) is 2.15. The zero-order chi connectivity index (χ0) is 13.1. The average molecular weight is 248 g/mol. The summed E-state index contributed by atoms with van der Waals surface area (Å²) in [5.41, 5.74) is 0.488. The second-order valence-electron chi connectivity index (χ2n) is 3.64. The molecule has 0 amide bonds. The van der Waals surface area contributed by atoms with Crippen molar-refractivity contribution in [3.05, 3.63) is 29.8 Å². The first-order valence-corrected chi connectivity index (χ1v) is 4.85. The van der Waals surface area contributed by atoms with Gasteiger partial charge in [0.1, 0.15) is 5.75 Å². The Morgan fingerprint density at radius 1 is 1.47 bits per heavy atom. The molecule has 1 rings (SSSR count). The van der Waals surface area contributed by atoms with Gasteiger partial charge in [-0.2, -0.15) is 0 Å². The van der Waals surface area contributed by atoms with Crippen molar-refractivity contribution in [2.24, 2.45) is 5.92 Å². The van der Waals surface area contributed by atoms with E-state index in [0.29, 0.717) is 5.56 Å². The number of ether oxygens (including phenoxy) is 1. The van der Waals surface area contributed by atoms with Crippen LogP contribution in [0.5, 0.6) is 5.75 Å². The number of alkyl halides is 3. The zero-order valence-electron chi connectivity index (χ0n) is 8.99. The lowest BCUT2D eigenvalue weighted by Gasteiger charge is -2.11. The molecular weight excluding hydrogens is 237 g/mol. The molecule has 1 N–H and O–H groups in total. The monoisotopic (exact) mass is 248 g/mol. The first-order chi connectivity index (χ1) is 7.78. The van der Waals surface area contributed by atoms with Gasteiger partial charge < -0.3 is 9.84 Å². The highest BCUT2D eigenvalue weighted by Crippen LogP contribution is 2.24. The molecular formula is C11H11F3O3. The Balaban J connectivity index is 2.76. The molecule has 1 aromatic carbocycles. The predicted molar refractivity (Wildman–Crippen MR) is 53.6 cm³/mol. The number of benzene rings is 1. The minimum Gasteiger partial charge on any atom is -0.481 e. The van der Waals surface area contributed by atoms with Crippen LogP contribution in [0.3, 0.4) is 0 Å². The lowest BCUT2D eigenvalue weighted by molar-refractivity contribution is -0.274. The molecule has 17 heavy (non-hydrogen) atoms. The topological polar surface area (TPSA) is 46.5 Å². The molecule has 0 aliphatic carbocycles. The maximum Gasteiger partial charge on any atom is 0.573 e. The highest BCUT2D eigenvalue weighted by atomic mass is 19.4. The van der Waals surface area contributed by atoms with Gasteiger partial charge >= 0.3 is 12.3 Å². The van der Waals surface area contributed by atoms with Crippen LogP contribution >= 0.6 is 0 Å². The van der Waals surface area contributed by atoms with Crippen LogP contribution in [0.15, 0.2) is 24.3 Å². The van der Waals surface area contributed by atoms with E-state index in [-0.39, 0.29) is 12.2 Å². The third-order valence-electron chi connectivity index (χ3n) is 2.10. The van der Waals surface area contributed by atoms with Gasteiger partial charge in [-0.15, -0.1) is 13.2 Å². The smallest absolute Gasteiger partial charge is 0.481 e. The molecule has 94 valence electrons. The third kappa shape index (κ3) is 4.76. The number of carbonyl (C=O) groups is 1. The maximum atomic E-state index is 11.9. The van der Waals surface area contributed by atoms with Crippen molar-refractivity contribution in [1.82, 2.24) is 0 Å². The van der Waals surface area contributed by atoms with Gasteiger partial charge in [-0.05, 0) is 24.1 Å². The summed E-state index contributed by atoms with van der Waals surface area (Å²) in [6, 6.07) is 5.31. The van der Waals surface area contributed by atoms with E-state index in [9.17, 15) is 18.0 Å². The van der Waals surface area contributed by atoms with E-state index in [4.69, 9.17) is 5.11 Å². The minimum absolute atomic E-state index is 0.157. The molecule has 0 fully saturated rings. The molecule has 0 saturated carbocycles. The van der Waals surface area contributed by atoms with Crippen molar-refractivity contribution < 1.29 is 27.8 Å². The van der Waals surface area contributed by atoms with Crippen LogP contribution in [-0.4, -0.2) is 17.4 Å². The van der Waals surface area contributed by atoms with E-state index in [0.717, 1.165) is 0 Å². The van der Waals surface area contributed by atoms with Crippen LogP contribution in [0.25, 0.3) is 0 Å². The Morgan fingerprint density at radius 3 is 2.65 bits per heavy atom. The number of carboxylic acid groups (broad SMARTS) is 1. The van der Waals surface area contributed by atoms with Crippen molar-refractivity contribution in [3.63, 3.8) is 0 Å². The van der Waals surface area contributed by atoms with E-state index < -0.39 is 18.2 Å². The van der Waals surface area contributed by atoms with Crippen LogP contribution in [0.4, 0.5) is 13.2 Å². The van der Waals surface area contributed by atoms with Gasteiger partial charge in [0.25, 0.3) is 0 Å². The standard InChI is InChI=1S/C11H11F3O3/c1-7(10(15)16)5-8-3-2-4-9(6-8)17-11(12,13)14/h2-4,6-7H,5H2,1H3,(H,15,16). The zero-order valence-corrected chi connectivity index (χ0v) is 8.99. The van der Waals surface area contributed by atoms with E-state index in [1.54, 1.807) is 6.07 Å². The molecule has 0 saturated heterocycles. The van der Waals surface area contributed by atoms with Crippen molar-refractivity contribution in [1.29, 1.82) is 0 Å². The molecule has 3 nitrogen and oxygen atoms in total. The second-order valence-corrected chi connectivity index (χ2v) is 3.64. The van der Waals surface area contributed by atoms with Gasteiger partial charge in [0.15, 0.2) is 0 Å². The number of hydrogen-bond donors (Lipinski definition) is 1. The quantitative estimate of drug-likeness (QED) is 0.891. The Kier molecular flexibility index (Phi) is 3.98. The number of aliphatic carboxylic acids is 1. The number of halogens is 3. The Hall–Kier alpha value is -1.72. The van der Waals surface area contributed by atoms with Crippen molar-refractivity contribution in [2.75, 3.05) is 0 Å². The first-order valence-electron chi connectivity index (χ1n) is 4.85. The van der Waals surface area contributed by atoms with Crippen LogP contribution in [-0.2, 0) is 11.2 Å². The largest absolute Gasteiger partial charge is 0.573 e. The first kappa shape index (κ1) is 13.3. The maximum absolute atomic E-state index is 11.9. The summed E-state index contributed by atoms with van der Waals surface area (Å²) in [5.74, 6) is -1.99. The number of carboxylic acids is 1. The summed E-state index contributed by atoms with van der Waals surface area (Å²) in [7, 11) is 0. The molecule has 1 aromatic rings. The summed E-state index contributed by atoms with van der Waals surface area (Å²) < 4.78 is 39.6. The lowest BCUT2D eigenvalue weighted by Crippen LogP contribution is -2.17. The molecule has 0 aliphatic rings. The molecule has 1 unspecified atom stereocenters. The van der Waals surface area contributed by atoms with Crippen LogP contribution in [0.1, 0.15) is 12.5 Å². The molecule has 6 heteroatoms. The Bertz CT molecular complexity index is 401. The van der Waals surface area contributed by atoms with Crippen LogP contribution in [0, 0.1) is 5.92 Å². The predicted octanol–water partition coefficient (Wildman–Crippen LogP) is 2.85. The fourth-order valence-electron chi connectivity index (χ4n) is 1.31. The molecule has 0 spiro atoms. The van der Waals surface area contributed by atoms with E-state index in [1.165, 1.54) is 25.1 Å². The van der Waals surface area contributed by atoms with Crippen LogP contribution < -0.4 is 4.74 Å².